The minimum absolute atomic E-state index is 0.0210. The van der Waals surface area contributed by atoms with Crippen molar-refractivity contribution in [2.75, 3.05) is 15.9 Å². The second kappa shape index (κ2) is 8.84. The van der Waals surface area contributed by atoms with Crippen LogP contribution in [-0.4, -0.2) is 47.0 Å². The topological polar surface area (TPSA) is 135 Å². The van der Waals surface area contributed by atoms with Crippen molar-refractivity contribution in [1.29, 1.82) is 0 Å². The van der Waals surface area contributed by atoms with Crippen molar-refractivity contribution in [2.45, 2.75) is 36.4 Å². The third-order valence-corrected chi connectivity index (χ3v) is 6.52. The Balaban J connectivity index is 2.27. The zero-order valence-electron chi connectivity index (χ0n) is 15.5. The van der Waals surface area contributed by atoms with E-state index >= 15 is 0 Å². The molecule has 28 heavy (non-hydrogen) atoms. The minimum atomic E-state index is -3.89. The van der Waals surface area contributed by atoms with Gasteiger partial charge in [0.05, 0.1) is 16.9 Å². The number of anilines is 2. The third-order valence-electron chi connectivity index (χ3n) is 3.36. The van der Waals surface area contributed by atoms with Crippen LogP contribution in [0.5, 0.6) is 0 Å². The highest BCUT2D eigenvalue weighted by Gasteiger charge is 2.30. The maximum atomic E-state index is 12.6. The molecule has 10 nitrogen and oxygen atoms in total. The fourth-order valence-corrected chi connectivity index (χ4v) is 5.42. The van der Waals surface area contributed by atoms with Gasteiger partial charge in [0.25, 0.3) is 5.69 Å². The van der Waals surface area contributed by atoms with Crippen molar-refractivity contribution in [3.63, 3.8) is 0 Å². The molecule has 2 rings (SSSR count). The van der Waals surface area contributed by atoms with Crippen molar-refractivity contribution >= 4 is 55.5 Å². The van der Waals surface area contributed by atoms with Crippen LogP contribution in [0.3, 0.4) is 0 Å². The first-order chi connectivity index (χ1) is 13.0. The zero-order valence-corrected chi connectivity index (χ0v) is 18.0. The summed E-state index contributed by atoms with van der Waals surface area (Å²) in [6.45, 7) is 5.38. The molecule has 1 amide bonds. The van der Waals surface area contributed by atoms with Gasteiger partial charge in [-0.1, -0.05) is 43.0 Å². The van der Waals surface area contributed by atoms with Crippen LogP contribution in [0.25, 0.3) is 0 Å². The average Bonchev–Trinajstić information content (AvgIpc) is 2.99. The molecule has 13 heteroatoms. The van der Waals surface area contributed by atoms with Crippen molar-refractivity contribution in [1.82, 2.24) is 10.2 Å². The molecular weight excluding hydrogens is 426 g/mol. The standard InChI is InChI=1S/C15H19N5O5S3/c1-9(2)26-15-18-17-14(27-15)16-13(21)10(3)19(28(4,24)25)11-6-5-7-12(8-11)20(22)23/h5-10H,1-4H3,(H,16,17,21)/t10-/m1/s1. The first-order valence-corrected chi connectivity index (χ1v) is 11.6. The first kappa shape index (κ1) is 22.0. The number of nitrogens with zero attached hydrogens (tertiary/aromatic N) is 4. The van der Waals surface area contributed by atoms with E-state index in [1.54, 1.807) is 0 Å². The fourth-order valence-electron chi connectivity index (χ4n) is 2.27. The number of nitro benzene ring substituents is 1. The van der Waals surface area contributed by atoms with Crippen molar-refractivity contribution in [3.8, 4) is 0 Å². The summed E-state index contributed by atoms with van der Waals surface area (Å²) in [5.74, 6) is -0.630. The van der Waals surface area contributed by atoms with Gasteiger partial charge in [0.15, 0.2) is 4.34 Å². The van der Waals surface area contributed by atoms with E-state index in [0.717, 1.165) is 16.6 Å². The average molecular weight is 446 g/mol. The molecule has 0 aliphatic carbocycles. The maximum absolute atomic E-state index is 12.6. The number of hydrogen-bond acceptors (Lipinski definition) is 9. The lowest BCUT2D eigenvalue weighted by Gasteiger charge is -2.27. The highest BCUT2D eigenvalue weighted by atomic mass is 32.2. The summed E-state index contributed by atoms with van der Waals surface area (Å²) in [6.07, 6.45) is 0.929. The Bertz CT molecular complexity index is 976. The van der Waals surface area contributed by atoms with E-state index in [9.17, 15) is 23.3 Å². The number of hydrogen-bond donors (Lipinski definition) is 1. The molecule has 0 aliphatic rings. The number of aromatic nitrogens is 2. The molecule has 0 spiro atoms. The lowest BCUT2D eigenvalue weighted by atomic mass is 10.2. The van der Waals surface area contributed by atoms with Gasteiger partial charge < -0.3 is 0 Å². The van der Waals surface area contributed by atoms with Crippen molar-refractivity contribution < 1.29 is 18.1 Å². The molecule has 0 radical (unpaired) electrons. The Labute approximate surface area is 170 Å². The molecule has 0 saturated heterocycles. The van der Waals surface area contributed by atoms with E-state index in [0.29, 0.717) is 9.59 Å². The van der Waals surface area contributed by atoms with E-state index < -0.39 is 26.9 Å². The Morgan fingerprint density at radius 2 is 2.00 bits per heavy atom. The highest BCUT2D eigenvalue weighted by molar-refractivity contribution is 8.01. The van der Waals surface area contributed by atoms with Crippen LogP contribution >= 0.6 is 23.1 Å². The monoisotopic (exact) mass is 445 g/mol. The fraction of sp³-hybridized carbons (Fsp3) is 0.400. The molecule has 1 heterocycles. The van der Waals surface area contributed by atoms with Gasteiger partial charge in [-0.05, 0) is 13.0 Å². The zero-order chi connectivity index (χ0) is 21.1. The van der Waals surface area contributed by atoms with Crippen LogP contribution in [0.1, 0.15) is 20.8 Å². The van der Waals surface area contributed by atoms with E-state index in [4.69, 9.17) is 0 Å². The Hall–Kier alpha value is -2.25. The van der Waals surface area contributed by atoms with Gasteiger partial charge in [0.1, 0.15) is 6.04 Å². The molecule has 1 aromatic heterocycles. The minimum Gasteiger partial charge on any atom is -0.299 e. The Morgan fingerprint density at radius 3 is 2.57 bits per heavy atom. The lowest BCUT2D eigenvalue weighted by molar-refractivity contribution is -0.384. The number of non-ortho nitro benzene ring substituents is 1. The largest absolute Gasteiger partial charge is 0.299 e. The van der Waals surface area contributed by atoms with Crippen LogP contribution < -0.4 is 9.62 Å². The van der Waals surface area contributed by atoms with Gasteiger partial charge in [0.2, 0.25) is 21.1 Å². The van der Waals surface area contributed by atoms with Gasteiger partial charge in [0, 0.05) is 17.4 Å². The predicted molar refractivity (Wildman–Crippen MR) is 109 cm³/mol. The van der Waals surface area contributed by atoms with Crippen LogP contribution in [0.15, 0.2) is 28.6 Å². The quantitative estimate of drug-likeness (QED) is 0.283. The van der Waals surface area contributed by atoms with Crippen molar-refractivity contribution in [3.05, 3.63) is 34.4 Å². The molecule has 0 saturated carbocycles. The van der Waals surface area contributed by atoms with Crippen molar-refractivity contribution in [2.24, 2.45) is 0 Å². The number of carbonyl (C=O) groups is 1. The van der Waals surface area contributed by atoms with E-state index in [-0.39, 0.29) is 16.5 Å². The van der Waals surface area contributed by atoms with E-state index in [1.165, 1.54) is 48.2 Å². The third kappa shape index (κ3) is 5.62. The van der Waals surface area contributed by atoms with Crippen LogP contribution in [-0.2, 0) is 14.8 Å². The number of rotatable bonds is 8. The van der Waals surface area contributed by atoms with E-state index in [2.05, 4.69) is 15.5 Å². The van der Waals surface area contributed by atoms with Gasteiger partial charge in [-0.2, -0.15) is 0 Å². The number of sulfonamides is 1. The smallest absolute Gasteiger partial charge is 0.271 e. The molecule has 0 bridgehead atoms. The summed E-state index contributed by atoms with van der Waals surface area (Å²) in [4.78, 5) is 23.0. The highest BCUT2D eigenvalue weighted by Crippen LogP contribution is 2.29. The summed E-state index contributed by atoms with van der Waals surface area (Å²) >= 11 is 2.67. The molecule has 0 fully saturated rings. The lowest BCUT2D eigenvalue weighted by Crippen LogP contribution is -2.45. The second-order valence-corrected chi connectivity index (χ2v) is 10.7. The predicted octanol–water partition coefficient (Wildman–Crippen LogP) is 2.74. The van der Waals surface area contributed by atoms with E-state index in [1.807, 2.05) is 13.8 Å². The maximum Gasteiger partial charge on any atom is 0.271 e. The molecule has 0 unspecified atom stereocenters. The molecule has 1 atom stereocenters. The summed E-state index contributed by atoms with van der Waals surface area (Å²) in [6, 6.07) is 3.93. The number of nitro groups is 1. The molecule has 1 N–H and O–H groups in total. The van der Waals surface area contributed by atoms with Crippen LogP contribution in [0.2, 0.25) is 0 Å². The van der Waals surface area contributed by atoms with Gasteiger partial charge >= 0.3 is 0 Å². The molecule has 152 valence electrons. The van der Waals surface area contributed by atoms with Crippen LogP contribution in [0.4, 0.5) is 16.5 Å². The summed E-state index contributed by atoms with van der Waals surface area (Å²) in [7, 11) is -3.89. The Morgan fingerprint density at radius 1 is 1.32 bits per heavy atom. The molecular formula is C15H19N5O5S3. The molecule has 1 aromatic carbocycles. The van der Waals surface area contributed by atoms with Gasteiger partial charge in [-0.25, -0.2) is 8.42 Å². The molecule has 0 aliphatic heterocycles. The number of nitrogens with one attached hydrogen (secondary N) is 1. The van der Waals surface area contributed by atoms with Crippen LogP contribution in [0, 0.1) is 10.1 Å². The first-order valence-electron chi connectivity index (χ1n) is 8.04. The normalized spacial score (nSPS) is 12.6. The number of benzene rings is 1. The number of amides is 1. The summed E-state index contributed by atoms with van der Waals surface area (Å²) < 4.78 is 26.1. The van der Waals surface area contributed by atoms with Gasteiger partial charge in [-0.15, -0.1) is 10.2 Å². The summed E-state index contributed by atoms with van der Waals surface area (Å²) in [5.41, 5.74) is -0.258. The molecule has 2 aromatic rings. The number of thioether (sulfide) groups is 1. The SMILES string of the molecule is CC(C)Sc1nnc(NC(=O)[C@@H](C)N(c2cccc([N+](=O)[O-])c2)S(C)(=O)=O)s1. The van der Waals surface area contributed by atoms with Gasteiger partial charge in [-0.3, -0.25) is 24.5 Å². The number of carbonyl (C=O) groups excluding carboxylic acids is 1. The second-order valence-electron chi connectivity index (χ2n) is 6.04. The summed E-state index contributed by atoms with van der Waals surface area (Å²) in [5, 5.41) is 21.9. The Kier molecular flexibility index (Phi) is 6.96.